The van der Waals surface area contributed by atoms with E-state index in [1.807, 2.05) is 13.8 Å². The van der Waals surface area contributed by atoms with Crippen LogP contribution in [0.3, 0.4) is 0 Å². The summed E-state index contributed by atoms with van der Waals surface area (Å²) in [4.78, 5) is 0. The Hall–Kier alpha value is -0.200. The summed E-state index contributed by atoms with van der Waals surface area (Å²) in [5.41, 5.74) is 0. The maximum absolute atomic E-state index is 5.38. The van der Waals surface area contributed by atoms with Gasteiger partial charge in [-0.05, 0) is 13.8 Å². The van der Waals surface area contributed by atoms with Crippen molar-refractivity contribution in [2.45, 2.75) is 26.4 Å². The van der Waals surface area contributed by atoms with Gasteiger partial charge in [-0.1, -0.05) is 0 Å². The van der Waals surface area contributed by atoms with Gasteiger partial charge in [-0.2, -0.15) is 0 Å². The molecule has 0 atom stereocenters. The van der Waals surface area contributed by atoms with Gasteiger partial charge in [0.2, 0.25) is 0 Å². The molecule has 0 radical (unpaired) electrons. The van der Waals surface area contributed by atoms with Gasteiger partial charge in [0.05, 0.1) is 13.2 Å². The topological polar surface area (TPSA) is 49.0 Å². The quantitative estimate of drug-likeness (QED) is 0.597. The summed E-state index contributed by atoms with van der Waals surface area (Å²) in [6.45, 7) is 7.93. The van der Waals surface area contributed by atoms with Crippen molar-refractivity contribution < 1.29 is 18.9 Å². The molecule has 1 saturated heterocycles. The summed E-state index contributed by atoms with van der Waals surface area (Å²) in [5.74, 6) is 0. The second-order valence-corrected chi connectivity index (χ2v) is 3.17. The van der Waals surface area contributed by atoms with E-state index in [2.05, 4.69) is 5.32 Å². The Balaban J connectivity index is 2.04. The lowest BCUT2D eigenvalue weighted by atomic mass is 10.5. The second kappa shape index (κ2) is 8.01. The summed E-state index contributed by atoms with van der Waals surface area (Å²) in [6.07, 6.45) is -0.296. The molecule has 5 nitrogen and oxygen atoms in total. The third-order valence-corrected chi connectivity index (χ3v) is 2.02. The molecular weight excluding hydrogens is 198 g/mol. The molecule has 1 heterocycles. The molecule has 0 spiro atoms. The van der Waals surface area contributed by atoms with Gasteiger partial charge in [-0.3, -0.25) is 0 Å². The zero-order chi connectivity index (χ0) is 10.9. The van der Waals surface area contributed by atoms with Gasteiger partial charge in [0.25, 0.3) is 0 Å². The normalized spacial score (nSPS) is 17.8. The molecule has 1 fully saturated rings. The van der Waals surface area contributed by atoms with E-state index in [1.54, 1.807) is 0 Å². The minimum atomic E-state index is -0.179. The minimum Gasteiger partial charge on any atom is -0.352 e. The van der Waals surface area contributed by atoms with Crippen LogP contribution in [0.25, 0.3) is 0 Å². The van der Waals surface area contributed by atoms with E-state index in [1.165, 1.54) is 0 Å². The number of hydrogen-bond donors (Lipinski definition) is 1. The average molecular weight is 219 g/mol. The van der Waals surface area contributed by atoms with E-state index in [-0.39, 0.29) is 12.6 Å². The molecule has 0 aromatic heterocycles. The van der Waals surface area contributed by atoms with E-state index in [0.29, 0.717) is 39.5 Å². The Kier molecular flexibility index (Phi) is 6.87. The largest absolute Gasteiger partial charge is 0.352 e. The molecule has 0 amide bonds. The van der Waals surface area contributed by atoms with Crippen LogP contribution in [0.1, 0.15) is 13.8 Å². The van der Waals surface area contributed by atoms with Gasteiger partial charge < -0.3 is 24.3 Å². The van der Waals surface area contributed by atoms with Crippen molar-refractivity contribution in [3.8, 4) is 0 Å². The van der Waals surface area contributed by atoms with Crippen molar-refractivity contribution in [3.05, 3.63) is 0 Å². The van der Waals surface area contributed by atoms with Crippen LogP contribution in [-0.4, -0.2) is 52.1 Å². The fourth-order valence-corrected chi connectivity index (χ4v) is 1.38. The lowest BCUT2D eigenvalue weighted by Gasteiger charge is -2.18. The fourth-order valence-electron chi connectivity index (χ4n) is 1.38. The molecule has 0 aromatic carbocycles. The first-order valence-electron chi connectivity index (χ1n) is 5.54. The monoisotopic (exact) mass is 219 g/mol. The Labute approximate surface area is 91.0 Å². The van der Waals surface area contributed by atoms with Crippen LogP contribution in [0.15, 0.2) is 0 Å². The van der Waals surface area contributed by atoms with Gasteiger partial charge in [-0.15, -0.1) is 0 Å². The highest BCUT2D eigenvalue weighted by Crippen LogP contribution is 2.01. The summed E-state index contributed by atoms with van der Waals surface area (Å²) < 4.78 is 21.3. The summed E-state index contributed by atoms with van der Waals surface area (Å²) in [7, 11) is 0. The van der Waals surface area contributed by atoms with Crippen molar-refractivity contribution in [3.63, 3.8) is 0 Å². The molecule has 0 saturated carbocycles. The van der Waals surface area contributed by atoms with Gasteiger partial charge in [0.1, 0.15) is 0 Å². The zero-order valence-corrected chi connectivity index (χ0v) is 9.53. The second-order valence-electron chi connectivity index (χ2n) is 3.17. The maximum atomic E-state index is 5.38. The van der Waals surface area contributed by atoms with E-state index in [9.17, 15) is 0 Å². The summed E-state index contributed by atoms with van der Waals surface area (Å²) in [5, 5.41) is 3.20. The lowest BCUT2D eigenvalue weighted by Crippen LogP contribution is -2.36. The molecule has 1 rings (SSSR count). The van der Waals surface area contributed by atoms with Crippen molar-refractivity contribution in [2.75, 3.05) is 39.5 Å². The molecule has 15 heavy (non-hydrogen) atoms. The molecule has 1 N–H and O–H groups in total. The Morgan fingerprint density at radius 1 is 1.20 bits per heavy atom. The molecule has 90 valence electrons. The first-order chi connectivity index (χ1) is 7.36. The fraction of sp³-hybridized carbons (Fsp3) is 1.00. The van der Waals surface area contributed by atoms with Crippen molar-refractivity contribution in [1.29, 1.82) is 0 Å². The molecule has 0 aliphatic carbocycles. The van der Waals surface area contributed by atoms with Gasteiger partial charge in [0.15, 0.2) is 12.6 Å². The van der Waals surface area contributed by atoms with E-state index in [0.717, 1.165) is 0 Å². The van der Waals surface area contributed by atoms with Crippen LogP contribution in [0.4, 0.5) is 0 Å². The van der Waals surface area contributed by atoms with E-state index >= 15 is 0 Å². The molecule has 0 unspecified atom stereocenters. The Morgan fingerprint density at radius 3 is 2.33 bits per heavy atom. The summed E-state index contributed by atoms with van der Waals surface area (Å²) >= 11 is 0. The Bertz CT molecular complexity index is 144. The number of nitrogens with one attached hydrogen (secondary N) is 1. The van der Waals surface area contributed by atoms with Crippen LogP contribution in [0, 0.1) is 0 Å². The molecule has 0 aromatic rings. The smallest absolute Gasteiger partial charge is 0.170 e. The molecular formula is C10H21NO4. The first kappa shape index (κ1) is 12.9. The minimum absolute atomic E-state index is 0.117. The highest BCUT2D eigenvalue weighted by molar-refractivity contribution is 4.58. The standard InChI is InChI=1S/C10H21NO4/c1-3-12-9(13-4-2)7-11-8-10-14-5-6-15-10/h9-11H,3-8H2,1-2H3. The van der Waals surface area contributed by atoms with Crippen molar-refractivity contribution in [2.24, 2.45) is 0 Å². The van der Waals surface area contributed by atoms with Crippen LogP contribution < -0.4 is 5.32 Å². The molecule has 1 aliphatic rings. The van der Waals surface area contributed by atoms with Crippen molar-refractivity contribution >= 4 is 0 Å². The number of hydrogen-bond acceptors (Lipinski definition) is 5. The van der Waals surface area contributed by atoms with Crippen LogP contribution in [0.2, 0.25) is 0 Å². The highest BCUT2D eigenvalue weighted by atomic mass is 16.7. The Morgan fingerprint density at radius 2 is 1.80 bits per heavy atom. The predicted molar refractivity (Wildman–Crippen MR) is 55.6 cm³/mol. The number of ether oxygens (including phenoxy) is 4. The maximum Gasteiger partial charge on any atom is 0.170 e. The highest BCUT2D eigenvalue weighted by Gasteiger charge is 2.16. The summed E-state index contributed by atoms with van der Waals surface area (Å²) in [6, 6.07) is 0. The van der Waals surface area contributed by atoms with Crippen LogP contribution in [0.5, 0.6) is 0 Å². The average Bonchev–Trinajstić information content (AvgIpc) is 2.71. The SMILES string of the molecule is CCOC(CNCC1OCCO1)OCC. The zero-order valence-electron chi connectivity index (χ0n) is 9.53. The van der Waals surface area contributed by atoms with Crippen LogP contribution >= 0.6 is 0 Å². The predicted octanol–water partition coefficient (Wildman–Crippen LogP) is 0.348. The molecule has 1 aliphatic heterocycles. The van der Waals surface area contributed by atoms with E-state index in [4.69, 9.17) is 18.9 Å². The molecule has 5 heteroatoms. The van der Waals surface area contributed by atoms with Gasteiger partial charge >= 0.3 is 0 Å². The van der Waals surface area contributed by atoms with Crippen molar-refractivity contribution in [1.82, 2.24) is 5.32 Å². The number of rotatable bonds is 8. The lowest BCUT2D eigenvalue weighted by molar-refractivity contribution is -0.135. The van der Waals surface area contributed by atoms with Gasteiger partial charge in [0, 0.05) is 26.3 Å². The van der Waals surface area contributed by atoms with E-state index < -0.39 is 0 Å². The van der Waals surface area contributed by atoms with Crippen LogP contribution in [-0.2, 0) is 18.9 Å². The molecule has 0 bridgehead atoms. The third-order valence-electron chi connectivity index (χ3n) is 2.02. The van der Waals surface area contributed by atoms with Gasteiger partial charge in [-0.25, -0.2) is 0 Å². The first-order valence-corrected chi connectivity index (χ1v) is 5.54. The third kappa shape index (κ3) is 5.44.